The highest BCUT2D eigenvalue weighted by Crippen LogP contribution is 2.21. The minimum atomic E-state index is -0.445. The molecule has 0 aliphatic carbocycles. The van der Waals surface area contributed by atoms with Crippen LogP contribution >= 0.6 is 0 Å². The van der Waals surface area contributed by atoms with Crippen LogP contribution in [0.5, 0.6) is 0 Å². The number of pyridine rings is 2. The molecule has 0 fully saturated rings. The summed E-state index contributed by atoms with van der Waals surface area (Å²) in [4.78, 5) is 19.3. The third-order valence-electron chi connectivity index (χ3n) is 4.13. The predicted octanol–water partition coefficient (Wildman–Crippen LogP) is 2.63. The summed E-state index contributed by atoms with van der Waals surface area (Å²) >= 11 is 0. The Hall–Kier alpha value is -2.73. The Kier molecular flexibility index (Phi) is 3.96. The van der Waals surface area contributed by atoms with Crippen molar-refractivity contribution < 1.29 is 4.39 Å². The summed E-state index contributed by atoms with van der Waals surface area (Å²) in [5.74, 6) is 0.275. The van der Waals surface area contributed by atoms with Gasteiger partial charge in [-0.2, -0.15) is 4.39 Å². The Bertz CT molecular complexity index is 836. The van der Waals surface area contributed by atoms with Crippen molar-refractivity contribution in [2.45, 2.75) is 19.5 Å². The fourth-order valence-electron chi connectivity index (χ4n) is 2.90. The van der Waals surface area contributed by atoms with Crippen molar-refractivity contribution in [3.05, 3.63) is 71.8 Å². The summed E-state index contributed by atoms with van der Waals surface area (Å²) < 4.78 is 12.9. The first-order valence-corrected chi connectivity index (χ1v) is 7.86. The van der Waals surface area contributed by atoms with Crippen LogP contribution in [-0.2, 0) is 19.5 Å². The zero-order chi connectivity index (χ0) is 16.4. The number of hydrogen-bond donors (Lipinski definition) is 0. The topological polar surface area (TPSA) is 54.8 Å². The zero-order valence-electron chi connectivity index (χ0n) is 13.1. The molecule has 0 atom stereocenters. The first-order chi connectivity index (χ1) is 11.8. The van der Waals surface area contributed by atoms with Gasteiger partial charge in [0.1, 0.15) is 0 Å². The second-order valence-corrected chi connectivity index (χ2v) is 5.86. The van der Waals surface area contributed by atoms with Crippen molar-refractivity contribution in [3.8, 4) is 11.4 Å². The van der Waals surface area contributed by atoms with Gasteiger partial charge in [0.05, 0.1) is 5.69 Å². The van der Waals surface area contributed by atoms with Crippen LogP contribution in [0, 0.1) is 5.95 Å². The molecular weight excluding hydrogens is 305 g/mol. The molecule has 4 rings (SSSR count). The molecule has 0 saturated heterocycles. The molecule has 0 unspecified atom stereocenters. The van der Waals surface area contributed by atoms with Gasteiger partial charge in [0.2, 0.25) is 5.95 Å². The molecule has 5 nitrogen and oxygen atoms in total. The van der Waals surface area contributed by atoms with Gasteiger partial charge in [-0.3, -0.25) is 9.88 Å². The van der Waals surface area contributed by atoms with Crippen LogP contribution in [0.3, 0.4) is 0 Å². The van der Waals surface area contributed by atoms with Gasteiger partial charge in [-0.25, -0.2) is 15.0 Å². The van der Waals surface area contributed by atoms with Crippen molar-refractivity contribution in [2.24, 2.45) is 0 Å². The first kappa shape index (κ1) is 14.8. The Morgan fingerprint density at radius 1 is 1.08 bits per heavy atom. The van der Waals surface area contributed by atoms with Crippen LogP contribution in [0.25, 0.3) is 11.4 Å². The summed E-state index contributed by atoms with van der Waals surface area (Å²) in [6.45, 7) is 2.45. The van der Waals surface area contributed by atoms with Gasteiger partial charge in [-0.15, -0.1) is 0 Å². The maximum Gasteiger partial charge on any atom is 0.212 e. The van der Waals surface area contributed by atoms with E-state index in [-0.39, 0.29) is 0 Å². The summed E-state index contributed by atoms with van der Waals surface area (Å²) in [5, 5.41) is 0. The molecule has 1 aliphatic rings. The van der Waals surface area contributed by atoms with Gasteiger partial charge in [0.25, 0.3) is 0 Å². The summed E-state index contributed by atoms with van der Waals surface area (Å²) in [6, 6.07) is 7.03. The lowest BCUT2D eigenvalue weighted by atomic mass is 10.1. The molecule has 0 bridgehead atoms. The number of halogens is 1. The molecule has 0 aromatic carbocycles. The predicted molar refractivity (Wildman–Crippen MR) is 87.3 cm³/mol. The van der Waals surface area contributed by atoms with E-state index in [9.17, 15) is 4.39 Å². The number of rotatable bonds is 3. The SMILES string of the molecule is Fc1ccc(CN2CCc3nc(-c4cccnc4)ncc3C2)cn1. The van der Waals surface area contributed by atoms with Crippen LogP contribution < -0.4 is 0 Å². The van der Waals surface area contributed by atoms with Gasteiger partial charge in [0.15, 0.2) is 5.82 Å². The van der Waals surface area contributed by atoms with Gasteiger partial charge in [-0.05, 0) is 23.8 Å². The largest absolute Gasteiger partial charge is 0.294 e. The van der Waals surface area contributed by atoms with Crippen molar-refractivity contribution >= 4 is 0 Å². The van der Waals surface area contributed by atoms with E-state index in [1.165, 1.54) is 6.07 Å². The highest BCUT2D eigenvalue weighted by molar-refractivity contribution is 5.53. The van der Waals surface area contributed by atoms with Crippen molar-refractivity contribution in [1.29, 1.82) is 0 Å². The first-order valence-electron chi connectivity index (χ1n) is 7.86. The van der Waals surface area contributed by atoms with E-state index in [1.54, 1.807) is 24.7 Å². The number of nitrogens with zero attached hydrogens (tertiary/aromatic N) is 5. The van der Waals surface area contributed by atoms with Crippen LogP contribution in [0.2, 0.25) is 0 Å². The standard InChI is InChI=1S/C18H16FN5/c19-17-4-3-13(8-21-17)11-24-7-5-16-15(12-24)10-22-18(23-16)14-2-1-6-20-9-14/h1-4,6,8-10H,5,7,11-12H2. The molecule has 6 heteroatoms. The highest BCUT2D eigenvalue weighted by Gasteiger charge is 2.19. The lowest BCUT2D eigenvalue weighted by Crippen LogP contribution is -2.31. The van der Waals surface area contributed by atoms with E-state index in [4.69, 9.17) is 4.98 Å². The van der Waals surface area contributed by atoms with Crippen LogP contribution in [0.15, 0.2) is 49.1 Å². The van der Waals surface area contributed by atoms with Crippen LogP contribution in [-0.4, -0.2) is 31.4 Å². The monoisotopic (exact) mass is 321 g/mol. The summed E-state index contributed by atoms with van der Waals surface area (Å²) in [6.07, 6.45) is 7.88. The number of aromatic nitrogens is 4. The summed E-state index contributed by atoms with van der Waals surface area (Å²) in [7, 11) is 0. The fourth-order valence-corrected chi connectivity index (χ4v) is 2.90. The maximum atomic E-state index is 12.9. The Labute approximate surface area is 139 Å². The molecule has 4 heterocycles. The van der Waals surface area contributed by atoms with Crippen molar-refractivity contribution in [3.63, 3.8) is 0 Å². The molecule has 24 heavy (non-hydrogen) atoms. The molecule has 3 aromatic rings. The second-order valence-electron chi connectivity index (χ2n) is 5.86. The minimum Gasteiger partial charge on any atom is -0.294 e. The lowest BCUT2D eigenvalue weighted by molar-refractivity contribution is 0.242. The van der Waals surface area contributed by atoms with E-state index in [0.29, 0.717) is 0 Å². The van der Waals surface area contributed by atoms with Crippen LogP contribution in [0.4, 0.5) is 4.39 Å². The zero-order valence-corrected chi connectivity index (χ0v) is 13.1. The number of hydrogen-bond acceptors (Lipinski definition) is 5. The van der Waals surface area contributed by atoms with E-state index >= 15 is 0 Å². The van der Waals surface area contributed by atoms with Gasteiger partial charge in [0, 0.05) is 62.0 Å². The maximum absolute atomic E-state index is 12.9. The average Bonchev–Trinajstić information content (AvgIpc) is 2.64. The second kappa shape index (κ2) is 6.41. The molecule has 0 spiro atoms. The fraction of sp³-hybridized carbons (Fsp3) is 0.222. The molecule has 1 aliphatic heterocycles. The lowest BCUT2D eigenvalue weighted by Gasteiger charge is -2.28. The quantitative estimate of drug-likeness (QED) is 0.694. The average molecular weight is 321 g/mol. The van der Waals surface area contributed by atoms with Crippen LogP contribution in [0.1, 0.15) is 16.8 Å². The smallest absolute Gasteiger partial charge is 0.212 e. The Balaban J connectivity index is 1.50. The Morgan fingerprint density at radius 3 is 2.83 bits per heavy atom. The van der Waals surface area contributed by atoms with E-state index < -0.39 is 5.95 Å². The molecule has 0 amide bonds. The molecule has 3 aromatic heterocycles. The molecule has 0 saturated carbocycles. The normalized spacial score (nSPS) is 14.4. The third-order valence-corrected chi connectivity index (χ3v) is 4.13. The van der Waals surface area contributed by atoms with Gasteiger partial charge < -0.3 is 0 Å². The van der Waals surface area contributed by atoms with Gasteiger partial charge >= 0.3 is 0 Å². The highest BCUT2D eigenvalue weighted by atomic mass is 19.1. The van der Waals surface area contributed by atoms with E-state index in [0.717, 1.165) is 54.3 Å². The molecule has 120 valence electrons. The van der Waals surface area contributed by atoms with E-state index in [1.807, 2.05) is 18.3 Å². The number of fused-ring (bicyclic) bond motifs is 1. The molecular formula is C18H16FN5. The van der Waals surface area contributed by atoms with E-state index in [2.05, 4.69) is 19.9 Å². The third kappa shape index (κ3) is 3.14. The van der Waals surface area contributed by atoms with Crippen molar-refractivity contribution in [2.75, 3.05) is 6.54 Å². The van der Waals surface area contributed by atoms with Crippen molar-refractivity contribution in [1.82, 2.24) is 24.8 Å². The molecule has 0 radical (unpaired) electrons. The molecule has 0 N–H and O–H groups in total. The minimum absolute atomic E-state index is 0.445. The van der Waals surface area contributed by atoms with Gasteiger partial charge in [-0.1, -0.05) is 6.07 Å². The Morgan fingerprint density at radius 2 is 2.04 bits per heavy atom. The summed E-state index contributed by atoms with van der Waals surface area (Å²) in [5.41, 5.74) is 4.18.